The molecule has 3 aromatic rings. The van der Waals surface area contributed by atoms with E-state index < -0.39 is 0 Å². The Labute approximate surface area is 127 Å². The molecular weight excluding hydrogens is 276 g/mol. The van der Waals surface area contributed by atoms with Gasteiger partial charge in [0.1, 0.15) is 6.33 Å². The summed E-state index contributed by atoms with van der Waals surface area (Å²) in [5.41, 5.74) is 3.70. The van der Waals surface area contributed by atoms with Crippen molar-refractivity contribution < 1.29 is 4.79 Å². The second-order valence-electron chi connectivity index (χ2n) is 5.29. The van der Waals surface area contributed by atoms with Gasteiger partial charge in [-0.2, -0.15) is 0 Å². The number of amides is 1. The van der Waals surface area contributed by atoms with Crippen molar-refractivity contribution in [3.05, 3.63) is 78.1 Å². The lowest BCUT2D eigenvalue weighted by Crippen LogP contribution is -2.25. The van der Waals surface area contributed by atoms with Gasteiger partial charge in [0.05, 0.1) is 12.2 Å². The summed E-state index contributed by atoms with van der Waals surface area (Å²) in [7, 11) is 0. The lowest BCUT2D eigenvalue weighted by Gasteiger charge is -2.15. The van der Waals surface area contributed by atoms with Crippen molar-refractivity contribution in [2.45, 2.75) is 13.1 Å². The maximum Gasteiger partial charge on any atom is 0.254 e. The van der Waals surface area contributed by atoms with E-state index in [-0.39, 0.29) is 5.91 Å². The predicted octanol–water partition coefficient (Wildman–Crippen LogP) is 2.42. The minimum atomic E-state index is 0.0251. The van der Waals surface area contributed by atoms with Crippen molar-refractivity contribution in [2.75, 3.05) is 0 Å². The number of carbonyl (C=O) groups excluding carboxylic acids is 1. The van der Waals surface area contributed by atoms with Crippen molar-refractivity contribution in [3.63, 3.8) is 0 Å². The SMILES string of the molecule is O=C(c1ccc(-n2cccc2)cc1)N1Cc2cncnc2C1. The highest BCUT2D eigenvalue weighted by molar-refractivity contribution is 5.94. The highest BCUT2D eigenvalue weighted by Gasteiger charge is 2.25. The zero-order chi connectivity index (χ0) is 14.9. The van der Waals surface area contributed by atoms with Crippen LogP contribution in [-0.4, -0.2) is 25.3 Å². The van der Waals surface area contributed by atoms with Crippen LogP contribution in [0.4, 0.5) is 0 Å². The van der Waals surface area contributed by atoms with Gasteiger partial charge in [0.25, 0.3) is 5.91 Å². The molecule has 0 N–H and O–H groups in total. The van der Waals surface area contributed by atoms with Gasteiger partial charge in [-0.1, -0.05) is 0 Å². The number of hydrogen-bond donors (Lipinski definition) is 0. The summed E-state index contributed by atoms with van der Waals surface area (Å²) >= 11 is 0. The number of fused-ring (bicyclic) bond motifs is 1. The molecule has 108 valence electrons. The van der Waals surface area contributed by atoms with Crippen molar-refractivity contribution in [1.29, 1.82) is 0 Å². The van der Waals surface area contributed by atoms with Crippen molar-refractivity contribution >= 4 is 5.91 Å². The highest BCUT2D eigenvalue weighted by Crippen LogP contribution is 2.22. The summed E-state index contributed by atoms with van der Waals surface area (Å²) < 4.78 is 2.01. The van der Waals surface area contributed by atoms with Crippen LogP contribution in [0.3, 0.4) is 0 Å². The van der Waals surface area contributed by atoms with E-state index in [1.807, 2.05) is 53.4 Å². The van der Waals surface area contributed by atoms with E-state index in [9.17, 15) is 4.79 Å². The summed E-state index contributed by atoms with van der Waals surface area (Å²) in [6.45, 7) is 1.13. The second kappa shape index (κ2) is 5.11. The van der Waals surface area contributed by atoms with Gasteiger partial charge in [0.2, 0.25) is 0 Å². The van der Waals surface area contributed by atoms with Gasteiger partial charge in [-0.25, -0.2) is 9.97 Å². The Morgan fingerprint density at radius 1 is 1.05 bits per heavy atom. The summed E-state index contributed by atoms with van der Waals surface area (Å²) in [5, 5.41) is 0. The van der Waals surface area contributed by atoms with E-state index in [0.29, 0.717) is 18.7 Å². The van der Waals surface area contributed by atoms with Gasteiger partial charge >= 0.3 is 0 Å². The Kier molecular flexibility index (Phi) is 2.96. The van der Waals surface area contributed by atoms with E-state index >= 15 is 0 Å². The molecule has 2 aromatic heterocycles. The van der Waals surface area contributed by atoms with E-state index in [0.717, 1.165) is 16.9 Å². The average Bonchev–Trinajstić information content (AvgIpc) is 3.23. The second-order valence-corrected chi connectivity index (χ2v) is 5.29. The number of rotatable bonds is 2. The van der Waals surface area contributed by atoms with Crippen LogP contribution in [0.25, 0.3) is 5.69 Å². The molecule has 0 atom stereocenters. The molecule has 0 spiro atoms. The molecule has 0 radical (unpaired) electrons. The first-order valence-electron chi connectivity index (χ1n) is 7.12. The third-order valence-electron chi connectivity index (χ3n) is 3.89. The summed E-state index contributed by atoms with van der Waals surface area (Å²) in [4.78, 5) is 22.6. The molecule has 0 saturated heterocycles. The summed E-state index contributed by atoms with van der Waals surface area (Å²) in [6.07, 6.45) is 7.27. The van der Waals surface area contributed by atoms with Gasteiger partial charge in [-0.05, 0) is 36.4 Å². The Balaban J connectivity index is 1.54. The van der Waals surface area contributed by atoms with Crippen LogP contribution < -0.4 is 0 Å². The van der Waals surface area contributed by atoms with Gasteiger partial charge in [-0.15, -0.1) is 0 Å². The van der Waals surface area contributed by atoms with E-state index in [1.54, 1.807) is 11.1 Å². The molecule has 4 rings (SSSR count). The Hall–Kier alpha value is -2.95. The van der Waals surface area contributed by atoms with Gasteiger partial charge in [-0.3, -0.25) is 4.79 Å². The molecule has 1 aliphatic rings. The molecule has 0 fully saturated rings. The van der Waals surface area contributed by atoms with Crippen LogP contribution in [0.5, 0.6) is 0 Å². The summed E-state index contributed by atoms with van der Waals surface area (Å²) in [6, 6.07) is 11.6. The minimum Gasteiger partial charge on any atom is -0.328 e. The maximum absolute atomic E-state index is 12.6. The smallest absolute Gasteiger partial charge is 0.254 e. The fraction of sp³-hybridized carbons (Fsp3) is 0.118. The molecule has 5 heteroatoms. The summed E-state index contributed by atoms with van der Waals surface area (Å²) in [5.74, 6) is 0.0251. The van der Waals surface area contributed by atoms with Crippen molar-refractivity contribution in [1.82, 2.24) is 19.4 Å². The number of hydrogen-bond acceptors (Lipinski definition) is 3. The number of benzene rings is 1. The molecule has 1 amide bonds. The third kappa shape index (κ3) is 2.16. The molecule has 0 unspecified atom stereocenters. The third-order valence-corrected chi connectivity index (χ3v) is 3.89. The van der Waals surface area contributed by atoms with Crippen LogP contribution in [-0.2, 0) is 13.1 Å². The Morgan fingerprint density at radius 3 is 2.55 bits per heavy atom. The molecule has 3 heterocycles. The topological polar surface area (TPSA) is 51.0 Å². The van der Waals surface area contributed by atoms with E-state index in [1.165, 1.54) is 6.33 Å². The molecule has 0 saturated carbocycles. The van der Waals surface area contributed by atoms with Gasteiger partial charge in [0.15, 0.2) is 0 Å². The first-order chi connectivity index (χ1) is 10.8. The fourth-order valence-corrected chi connectivity index (χ4v) is 2.71. The molecule has 0 aliphatic carbocycles. The number of nitrogens with zero attached hydrogens (tertiary/aromatic N) is 4. The van der Waals surface area contributed by atoms with Gasteiger partial charge in [0, 0.05) is 41.9 Å². The molecule has 1 aliphatic heterocycles. The average molecular weight is 290 g/mol. The van der Waals surface area contributed by atoms with E-state index in [4.69, 9.17) is 0 Å². The van der Waals surface area contributed by atoms with Crippen molar-refractivity contribution in [2.24, 2.45) is 0 Å². The lowest BCUT2D eigenvalue weighted by molar-refractivity contribution is 0.0750. The largest absolute Gasteiger partial charge is 0.328 e. The molecule has 5 nitrogen and oxygen atoms in total. The van der Waals surface area contributed by atoms with Crippen LogP contribution in [0.2, 0.25) is 0 Å². The van der Waals surface area contributed by atoms with Crippen LogP contribution >= 0.6 is 0 Å². The van der Waals surface area contributed by atoms with Crippen LogP contribution in [0.1, 0.15) is 21.6 Å². The first kappa shape index (κ1) is 12.8. The highest BCUT2D eigenvalue weighted by atomic mass is 16.2. The van der Waals surface area contributed by atoms with Crippen molar-refractivity contribution in [3.8, 4) is 5.69 Å². The molecule has 1 aromatic carbocycles. The van der Waals surface area contributed by atoms with Crippen LogP contribution in [0.15, 0.2) is 61.3 Å². The standard InChI is InChI=1S/C17H14N4O/c22-17(21-10-14-9-18-12-19-16(14)11-21)13-3-5-15(6-4-13)20-7-1-2-8-20/h1-9,12H,10-11H2. The number of aromatic nitrogens is 3. The Morgan fingerprint density at radius 2 is 1.82 bits per heavy atom. The minimum absolute atomic E-state index is 0.0251. The predicted molar refractivity (Wildman–Crippen MR) is 81.4 cm³/mol. The molecule has 22 heavy (non-hydrogen) atoms. The number of carbonyl (C=O) groups is 1. The van der Waals surface area contributed by atoms with Crippen LogP contribution in [0, 0.1) is 0 Å². The fourth-order valence-electron chi connectivity index (χ4n) is 2.71. The Bertz CT molecular complexity index is 784. The zero-order valence-electron chi connectivity index (χ0n) is 11.9. The van der Waals surface area contributed by atoms with Gasteiger partial charge < -0.3 is 9.47 Å². The quantitative estimate of drug-likeness (QED) is 0.728. The maximum atomic E-state index is 12.6. The van der Waals surface area contributed by atoms with E-state index in [2.05, 4.69) is 9.97 Å². The first-order valence-corrected chi connectivity index (χ1v) is 7.12. The molecule has 0 bridgehead atoms. The normalized spacial score (nSPS) is 13.2. The monoisotopic (exact) mass is 290 g/mol. The molecular formula is C17H14N4O. The zero-order valence-corrected chi connectivity index (χ0v) is 11.9. The lowest BCUT2D eigenvalue weighted by atomic mass is 10.2.